The highest BCUT2D eigenvalue weighted by atomic mass is 16.3. The summed E-state index contributed by atoms with van der Waals surface area (Å²) in [5.74, 6) is 0.595. The number of nitrogens with one attached hydrogen (secondary N) is 1. The summed E-state index contributed by atoms with van der Waals surface area (Å²) >= 11 is 0. The predicted molar refractivity (Wildman–Crippen MR) is 79.8 cm³/mol. The van der Waals surface area contributed by atoms with Crippen LogP contribution in [0.2, 0.25) is 0 Å². The minimum atomic E-state index is -0.759. The van der Waals surface area contributed by atoms with Gasteiger partial charge >= 0.3 is 5.69 Å². The van der Waals surface area contributed by atoms with Crippen molar-refractivity contribution in [3.8, 4) is 0 Å². The zero-order chi connectivity index (χ0) is 15.7. The Hall–Kier alpha value is -1.80. The molecule has 0 radical (unpaired) electrons. The van der Waals surface area contributed by atoms with Crippen LogP contribution in [0.15, 0.2) is 9.59 Å². The second-order valence-electron chi connectivity index (χ2n) is 5.54. The third kappa shape index (κ3) is 2.96. The zero-order valence-electron chi connectivity index (χ0n) is 12.5. The van der Waals surface area contributed by atoms with Gasteiger partial charge in [0, 0.05) is 20.6 Å². The van der Waals surface area contributed by atoms with Crippen LogP contribution in [-0.4, -0.2) is 52.2 Å². The van der Waals surface area contributed by atoms with Gasteiger partial charge in [-0.1, -0.05) is 0 Å². The molecule has 21 heavy (non-hydrogen) atoms. The molecule has 2 heterocycles. The number of aromatic nitrogens is 2. The van der Waals surface area contributed by atoms with Crippen molar-refractivity contribution in [2.45, 2.75) is 32.0 Å². The summed E-state index contributed by atoms with van der Waals surface area (Å²) in [7, 11) is 3.41. The van der Waals surface area contributed by atoms with Gasteiger partial charge in [-0.05, 0) is 19.8 Å². The summed E-state index contributed by atoms with van der Waals surface area (Å²) in [5.41, 5.74) is -0.349. The van der Waals surface area contributed by atoms with E-state index in [0.717, 1.165) is 0 Å². The van der Waals surface area contributed by atoms with E-state index in [2.05, 4.69) is 4.98 Å². The first-order valence-electron chi connectivity index (χ1n) is 6.98. The topological polar surface area (TPSA) is 102 Å². The molecule has 1 aliphatic rings. The van der Waals surface area contributed by atoms with Crippen molar-refractivity contribution >= 4 is 11.5 Å². The van der Waals surface area contributed by atoms with E-state index in [-0.39, 0.29) is 5.56 Å². The molecule has 0 amide bonds. The molecule has 0 saturated heterocycles. The van der Waals surface area contributed by atoms with E-state index in [1.807, 2.05) is 4.90 Å². The zero-order valence-corrected chi connectivity index (χ0v) is 12.5. The molecule has 0 saturated carbocycles. The van der Waals surface area contributed by atoms with Gasteiger partial charge in [-0.3, -0.25) is 14.3 Å². The van der Waals surface area contributed by atoms with Crippen molar-refractivity contribution < 1.29 is 10.2 Å². The smallest absolute Gasteiger partial charge is 0.329 e. The standard InChI is InChI=1S/C13H22N4O4/c1-8(18)9(19)5-4-6-17-7-15(2)10-11(20)14-13(21)16(3)12(10)17/h8-9,18-19H,4-7H2,1-3H3,(H,14,20,21). The van der Waals surface area contributed by atoms with Gasteiger partial charge in [-0.15, -0.1) is 0 Å². The molecule has 0 aromatic carbocycles. The van der Waals surface area contributed by atoms with Gasteiger partial charge in [0.15, 0.2) is 0 Å². The SMILES string of the molecule is CC(O)C(O)CCCN1CN(C)c2c1n(C)c(=O)[nH]c2=O. The predicted octanol–water partition coefficient (Wildman–Crippen LogP) is -1.19. The van der Waals surface area contributed by atoms with Gasteiger partial charge < -0.3 is 20.0 Å². The number of hydrogen-bond donors (Lipinski definition) is 3. The molecule has 8 heteroatoms. The van der Waals surface area contributed by atoms with Crippen molar-refractivity contribution in [3.05, 3.63) is 20.8 Å². The van der Waals surface area contributed by atoms with E-state index < -0.39 is 17.9 Å². The minimum Gasteiger partial charge on any atom is -0.391 e. The van der Waals surface area contributed by atoms with Gasteiger partial charge in [0.1, 0.15) is 11.5 Å². The number of fused-ring (bicyclic) bond motifs is 1. The van der Waals surface area contributed by atoms with E-state index in [4.69, 9.17) is 0 Å². The normalized spacial score (nSPS) is 17.0. The summed E-state index contributed by atoms with van der Waals surface area (Å²) in [6.07, 6.45) is -0.399. The first kappa shape index (κ1) is 15.6. The molecule has 2 unspecified atom stereocenters. The van der Waals surface area contributed by atoms with Crippen LogP contribution >= 0.6 is 0 Å². The Morgan fingerprint density at radius 1 is 1.29 bits per heavy atom. The molecule has 2 atom stereocenters. The summed E-state index contributed by atoms with van der Waals surface area (Å²) in [6, 6.07) is 0. The lowest BCUT2D eigenvalue weighted by molar-refractivity contribution is 0.0254. The molecular formula is C13H22N4O4. The van der Waals surface area contributed by atoms with E-state index in [1.54, 1.807) is 25.9 Å². The van der Waals surface area contributed by atoms with Crippen molar-refractivity contribution in [3.63, 3.8) is 0 Å². The molecule has 0 spiro atoms. The summed E-state index contributed by atoms with van der Waals surface area (Å²) in [6.45, 7) is 2.66. The average Bonchev–Trinajstić information content (AvgIpc) is 2.73. The van der Waals surface area contributed by atoms with E-state index in [9.17, 15) is 19.8 Å². The number of rotatable bonds is 5. The lowest BCUT2D eigenvalue weighted by atomic mass is 10.1. The Bertz CT molecular complexity index is 622. The highest BCUT2D eigenvalue weighted by Gasteiger charge is 2.29. The van der Waals surface area contributed by atoms with Crippen molar-refractivity contribution in [1.82, 2.24) is 9.55 Å². The summed E-state index contributed by atoms with van der Waals surface area (Å²) in [4.78, 5) is 29.6. The number of hydrogen-bond acceptors (Lipinski definition) is 6. The molecule has 2 rings (SSSR count). The third-order valence-electron chi connectivity index (χ3n) is 3.82. The summed E-state index contributed by atoms with van der Waals surface area (Å²) < 4.78 is 1.42. The van der Waals surface area contributed by atoms with Crippen molar-refractivity contribution in [2.75, 3.05) is 30.1 Å². The lowest BCUT2D eigenvalue weighted by Crippen LogP contribution is -2.33. The maximum Gasteiger partial charge on any atom is 0.329 e. The molecule has 118 valence electrons. The van der Waals surface area contributed by atoms with Crippen LogP contribution in [0.4, 0.5) is 11.5 Å². The minimum absolute atomic E-state index is 0.387. The average molecular weight is 298 g/mol. The molecule has 0 aliphatic carbocycles. The van der Waals surface area contributed by atoms with E-state index >= 15 is 0 Å². The fraction of sp³-hybridized carbons (Fsp3) is 0.692. The molecular weight excluding hydrogens is 276 g/mol. The number of aliphatic hydroxyl groups is 2. The van der Waals surface area contributed by atoms with Crippen LogP contribution in [0.3, 0.4) is 0 Å². The fourth-order valence-corrected chi connectivity index (χ4v) is 2.61. The first-order valence-corrected chi connectivity index (χ1v) is 6.98. The van der Waals surface area contributed by atoms with Gasteiger partial charge in [0.2, 0.25) is 0 Å². The van der Waals surface area contributed by atoms with Gasteiger partial charge in [0.25, 0.3) is 5.56 Å². The number of anilines is 2. The number of H-pyrrole nitrogens is 1. The second-order valence-corrected chi connectivity index (χ2v) is 5.54. The molecule has 1 aromatic rings. The van der Waals surface area contributed by atoms with Gasteiger partial charge in [-0.2, -0.15) is 0 Å². The highest BCUT2D eigenvalue weighted by Crippen LogP contribution is 2.29. The lowest BCUT2D eigenvalue weighted by Gasteiger charge is -2.21. The largest absolute Gasteiger partial charge is 0.391 e. The van der Waals surface area contributed by atoms with Crippen molar-refractivity contribution in [1.29, 1.82) is 0 Å². The van der Waals surface area contributed by atoms with Crippen LogP contribution in [0.1, 0.15) is 19.8 Å². The Morgan fingerprint density at radius 2 is 1.95 bits per heavy atom. The first-order chi connectivity index (χ1) is 9.82. The number of aromatic amines is 1. The fourth-order valence-electron chi connectivity index (χ4n) is 2.61. The Kier molecular flexibility index (Phi) is 4.38. The van der Waals surface area contributed by atoms with Gasteiger partial charge in [0.05, 0.1) is 18.9 Å². The quantitative estimate of drug-likeness (QED) is 0.632. The molecule has 1 aromatic heterocycles. The van der Waals surface area contributed by atoms with Crippen LogP contribution in [-0.2, 0) is 7.05 Å². The van der Waals surface area contributed by atoms with Crippen LogP contribution < -0.4 is 21.0 Å². The molecule has 0 fully saturated rings. The Labute approximate surface area is 122 Å². The summed E-state index contributed by atoms with van der Waals surface area (Å²) in [5, 5.41) is 18.9. The maximum atomic E-state index is 11.9. The number of aliphatic hydroxyl groups excluding tert-OH is 2. The highest BCUT2D eigenvalue weighted by molar-refractivity contribution is 5.71. The monoisotopic (exact) mass is 298 g/mol. The Morgan fingerprint density at radius 3 is 2.57 bits per heavy atom. The van der Waals surface area contributed by atoms with Gasteiger partial charge in [-0.25, -0.2) is 4.79 Å². The van der Waals surface area contributed by atoms with Crippen molar-refractivity contribution in [2.24, 2.45) is 7.05 Å². The maximum absolute atomic E-state index is 11.9. The van der Waals surface area contributed by atoms with Crippen LogP contribution in [0, 0.1) is 0 Å². The van der Waals surface area contributed by atoms with E-state index in [1.165, 1.54) is 4.57 Å². The third-order valence-corrected chi connectivity index (χ3v) is 3.82. The molecule has 3 N–H and O–H groups in total. The number of nitrogens with zero attached hydrogens (tertiary/aromatic N) is 3. The Balaban J connectivity index is 2.17. The van der Waals surface area contributed by atoms with E-state index in [0.29, 0.717) is 37.6 Å². The molecule has 0 bridgehead atoms. The van der Waals surface area contributed by atoms with Crippen LogP contribution in [0.25, 0.3) is 0 Å². The second kappa shape index (κ2) is 5.90. The van der Waals surface area contributed by atoms with Crippen LogP contribution in [0.5, 0.6) is 0 Å². The molecule has 1 aliphatic heterocycles. The molecule has 8 nitrogen and oxygen atoms in total.